The number of amides is 1. The first kappa shape index (κ1) is 13.1. The van der Waals surface area contributed by atoms with E-state index in [0.29, 0.717) is 9.53 Å². The van der Waals surface area contributed by atoms with Gasteiger partial charge in [0.1, 0.15) is 12.3 Å². The van der Waals surface area contributed by atoms with Gasteiger partial charge in [-0.25, -0.2) is 0 Å². The molecule has 0 bridgehead atoms. The minimum absolute atomic E-state index is 0.409. The summed E-state index contributed by atoms with van der Waals surface area (Å²) in [5.41, 5.74) is 0. The second kappa shape index (κ2) is 5.37. The zero-order valence-corrected chi connectivity index (χ0v) is 10.0. The summed E-state index contributed by atoms with van der Waals surface area (Å²) in [4.78, 5) is 10.9. The van der Waals surface area contributed by atoms with Crippen LogP contribution in [0.5, 0.6) is 0 Å². The SMILES string of the molecule is O=C(/C=C/c1ccc(I)o1)NCC(F)(F)F. The zero-order valence-electron chi connectivity index (χ0n) is 7.84. The number of alkyl halides is 3. The van der Waals surface area contributed by atoms with Gasteiger partial charge in [0.05, 0.1) is 0 Å². The summed E-state index contributed by atoms with van der Waals surface area (Å²) >= 11 is 1.93. The highest BCUT2D eigenvalue weighted by Crippen LogP contribution is 2.13. The van der Waals surface area contributed by atoms with Crippen molar-refractivity contribution < 1.29 is 22.4 Å². The normalized spacial score (nSPS) is 12.0. The van der Waals surface area contributed by atoms with Crippen molar-refractivity contribution in [1.82, 2.24) is 5.32 Å². The molecule has 1 heterocycles. The molecule has 0 aliphatic carbocycles. The predicted octanol–water partition coefficient (Wildman–Crippen LogP) is 2.58. The lowest BCUT2D eigenvalue weighted by Gasteiger charge is -2.05. The van der Waals surface area contributed by atoms with E-state index in [4.69, 9.17) is 4.42 Å². The zero-order chi connectivity index (χ0) is 12.2. The molecule has 1 aromatic heterocycles. The maximum atomic E-state index is 11.7. The van der Waals surface area contributed by atoms with E-state index in [1.165, 1.54) is 6.08 Å². The molecular formula is C9H7F3INO2. The lowest BCUT2D eigenvalue weighted by molar-refractivity contribution is -0.135. The molecule has 1 aromatic rings. The molecule has 0 aliphatic rings. The molecule has 7 heteroatoms. The molecular weight excluding hydrogens is 338 g/mol. The summed E-state index contributed by atoms with van der Waals surface area (Å²) in [7, 11) is 0. The van der Waals surface area contributed by atoms with E-state index >= 15 is 0 Å². The lowest BCUT2D eigenvalue weighted by atomic mass is 10.4. The highest BCUT2D eigenvalue weighted by Gasteiger charge is 2.27. The standard InChI is InChI=1S/C9H7F3INO2/c10-9(11,12)5-14-8(15)4-2-6-1-3-7(13)16-6/h1-4H,5H2,(H,14,15)/b4-2+. The molecule has 3 nitrogen and oxygen atoms in total. The maximum Gasteiger partial charge on any atom is 0.405 e. The van der Waals surface area contributed by atoms with E-state index < -0.39 is 18.6 Å². The van der Waals surface area contributed by atoms with Crippen LogP contribution in [0, 0.1) is 3.77 Å². The Hall–Kier alpha value is -0.990. The van der Waals surface area contributed by atoms with Crippen molar-refractivity contribution >= 4 is 34.6 Å². The van der Waals surface area contributed by atoms with Gasteiger partial charge in [-0.2, -0.15) is 13.2 Å². The van der Waals surface area contributed by atoms with Crippen LogP contribution in [0.2, 0.25) is 0 Å². The minimum atomic E-state index is -4.40. The molecule has 1 N–H and O–H groups in total. The van der Waals surface area contributed by atoms with E-state index in [2.05, 4.69) is 0 Å². The van der Waals surface area contributed by atoms with Gasteiger partial charge in [0.25, 0.3) is 0 Å². The van der Waals surface area contributed by atoms with Gasteiger partial charge in [0, 0.05) is 6.08 Å². The van der Waals surface area contributed by atoms with Gasteiger partial charge in [-0.05, 0) is 40.8 Å². The summed E-state index contributed by atoms with van der Waals surface area (Å²) in [6.07, 6.45) is -2.11. The van der Waals surface area contributed by atoms with Crippen LogP contribution in [0.3, 0.4) is 0 Å². The van der Waals surface area contributed by atoms with Crippen molar-refractivity contribution in [2.24, 2.45) is 0 Å². The second-order valence-corrected chi connectivity index (χ2v) is 3.87. The Bertz CT molecular complexity index is 398. The molecule has 0 aliphatic heterocycles. The summed E-state index contributed by atoms with van der Waals surface area (Å²) in [6.45, 7) is -1.34. The fraction of sp³-hybridized carbons (Fsp3) is 0.222. The number of hydrogen-bond acceptors (Lipinski definition) is 2. The Labute approximate surface area is 103 Å². The van der Waals surface area contributed by atoms with Crippen molar-refractivity contribution in [1.29, 1.82) is 0 Å². The fourth-order valence-corrected chi connectivity index (χ4v) is 1.26. The Kier molecular flexibility index (Phi) is 4.39. The van der Waals surface area contributed by atoms with Crippen LogP contribution in [0.15, 0.2) is 22.6 Å². The van der Waals surface area contributed by atoms with Crippen molar-refractivity contribution in [3.63, 3.8) is 0 Å². The number of carbonyl (C=O) groups excluding carboxylic acids is 1. The van der Waals surface area contributed by atoms with E-state index in [0.717, 1.165) is 6.08 Å². The van der Waals surface area contributed by atoms with Gasteiger partial charge in [0.2, 0.25) is 5.91 Å². The quantitative estimate of drug-likeness (QED) is 0.676. The van der Waals surface area contributed by atoms with Crippen LogP contribution < -0.4 is 5.32 Å². The van der Waals surface area contributed by atoms with E-state index in [9.17, 15) is 18.0 Å². The minimum Gasteiger partial charge on any atom is -0.451 e. The maximum absolute atomic E-state index is 11.7. The van der Waals surface area contributed by atoms with Crippen molar-refractivity contribution in [2.75, 3.05) is 6.54 Å². The number of rotatable bonds is 3. The topological polar surface area (TPSA) is 42.2 Å². The molecule has 0 unspecified atom stereocenters. The summed E-state index contributed by atoms with van der Waals surface area (Å²) in [6, 6.07) is 3.28. The van der Waals surface area contributed by atoms with Crippen LogP contribution >= 0.6 is 22.6 Å². The Balaban J connectivity index is 2.43. The first-order valence-corrected chi connectivity index (χ1v) is 5.23. The molecule has 1 amide bonds. The van der Waals surface area contributed by atoms with E-state index in [-0.39, 0.29) is 0 Å². The molecule has 0 saturated carbocycles. The number of hydrogen-bond donors (Lipinski definition) is 1. The Morgan fingerprint density at radius 1 is 1.50 bits per heavy atom. The van der Waals surface area contributed by atoms with Crippen LogP contribution in [0.1, 0.15) is 5.76 Å². The smallest absolute Gasteiger partial charge is 0.405 e. The van der Waals surface area contributed by atoms with Gasteiger partial charge < -0.3 is 9.73 Å². The monoisotopic (exact) mass is 345 g/mol. The lowest BCUT2D eigenvalue weighted by Crippen LogP contribution is -2.32. The average molecular weight is 345 g/mol. The molecule has 0 spiro atoms. The van der Waals surface area contributed by atoms with Crippen LogP contribution in [-0.4, -0.2) is 18.6 Å². The Morgan fingerprint density at radius 3 is 2.69 bits per heavy atom. The third kappa shape index (κ3) is 5.19. The molecule has 16 heavy (non-hydrogen) atoms. The number of carbonyl (C=O) groups is 1. The van der Waals surface area contributed by atoms with Crippen LogP contribution in [-0.2, 0) is 4.79 Å². The third-order valence-corrected chi connectivity index (χ3v) is 2.04. The first-order valence-electron chi connectivity index (χ1n) is 4.15. The molecule has 0 fully saturated rings. The van der Waals surface area contributed by atoms with Gasteiger partial charge in [-0.15, -0.1) is 0 Å². The predicted molar refractivity (Wildman–Crippen MR) is 59.5 cm³/mol. The van der Waals surface area contributed by atoms with Gasteiger partial charge in [-0.3, -0.25) is 4.79 Å². The largest absolute Gasteiger partial charge is 0.451 e. The number of furan rings is 1. The number of nitrogens with one attached hydrogen (secondary N) is 1. The number of halogens is 4. The highest BCUT2D eigenvalue weighted by molar-refractivity contribution is 14.1. The third-order valence-electron chi connectivity index (χ3n) is 1.46. The van der Waals surface area contributed by atoms with E-state index in [1.807, 2.05) is 22.6 Å². The molecule has 88 valence electrons. The van der Waals surface area contributed by atoms with Gasteiger partial charge >= 0.3 is 6.18 Å². The Morgan fingerprint density at radius 2 is 2.19 bits per heavy atom. The van der Waals surface area contributed by atoms with Gasteiger partial charge in [0.15, 0.2) is 3.77 Å². The highest BCUT2D eigenvalue weighted by atomic mass is 127. The van der Waals surface area contributed by atoms with Crippen molar-refractivity contribution in [2.45, 2.75) is 6.18 Å². The molecule has 1 rings (SSSR count). The summed E-state index contributed by atoms with van der Waals surface area (Å²) < 4.78 is 40.9. The molecule has 0 saturated heterocycles. The fourth-order valence-electron chi connectivity index (χ4n) is 0.822. The van der Waals surface area contributed by atoms with Crippen LogP contribution in [0.4, 0.5) is 13.2 Å². The average Bonchev–Trinajstić information content (AvgIpc) is 2.57. The van der Waals surface area contributed by atoms with Crippen molar-refractivity contribution in [3.05, 3.63) is 27.7 Å². The molecule has 0 aromatic carbocycles. The van der Waals surface area contributed by atoms with Gasteiger partial charge in [-0.1, -0.05) is 0 Å². The summed E-state index contributed by atoms with van der Waals surface area (Å²) in [5.74, 6) is -0.407. The first-order chi connectivity index (χ1) is 7.37. The summed E-state index contributed by atoms with van der Waals surface area (Å²) in [5, 5.41) is 1.71. The second-order valence-electron chi connectivity index (χ2n) is 2.81. The molecule has 0 radical (unpaired) electrons. The molecule has 0 atom stereocenters. The van der Waals surface area contributed by atoms with Crippen molar-refractivity contribution in [3.8, 4) is 0 Å². The van der Waals surface area contributed by atoms with Crippen LogP contribution in [0.25, 0.3) is 6.08 Å². The van der Waals surface area contributed by atoms with E-state index in [1.54, 1.807) is 17.4 Å².